The van der Waals surface area contributed by atoms with Gasteiger partial charge in [-0.3, -0.25) is 4.79 Å². The number of alkyl halides is 5. The first-order valence-corrected chi connectivity index (χ1v) is 8.08. The van der Waals surface area contributed by atoms with Crippen molar-refractivity contribution in [1.29, 1.82) is 0 Å². The summed E-state index contributed by atoms with van der Waals surface area (Å²) in [6.45, 7) is 4.01. The number of benzene rings is 1. The molecule has 1 saturated heterocycles. The van der Waals surface area contributed by atoms with E-state index < -0.39 is 23.1 Å². The van der Waals surface area contributed by atoms with Crippen molar-refractivity contribution in [2.75, 3.05) is 6.54 Å². The van der Waals surface area contributed by atoms with Crippen LogP contribution in [0.25, 0.3) is 5.70 Å². The Bertz CT molecular complexity index is 748. The van der Waals surface area contributed by atoms with E-state index >= 15 is 0 Å². The number of halogens is 5. The van der Waals surface area contributed by atoms with Crippen LogP contribution in [-0.4, -0.2) is 23.5 Å². The number of likely N-dealkylation sites (tertiary alicyclic amines) is 1. The molecule has 2 nitrogen and oxygen atoms in total. The third-order valence-corrected chi connectivity index (χ3v) is 4.82. The smallest absolute Gasteiger partial charge is 0.312 e. The minimum absolute atomic E-state index is 0.0501. The molecular weight excluding hydrogens is 341 g/mol. The standard InChI is InChI=1S/C18H18F5NO/c1-16(2)10-14(24-8-4-3-5-15(24)25)12-7-6-11(9-13(12)16)17(19,20)18(21,22)23/h6-7,9-10H,3-5,8H2,1-2H3. The Morgan fingerprint density at radius 3 is 2.36 bits per heavy atom. The van der Waals surface area contributed by atoms with Gasteiger partial charge in [-0.25, -0.2) is 0 Å². The predicted molar refractivity (Wildman–Crippen MR) is 83.0 cm³/mol. The Balaban J connectivity index is 2.06. The van der Waals surface area contributed by atoms with Crippen molar-refractivity contribution in [3.63, 3.8) is 0 Å². The maximum atomic E-state index is 13.7. The molecule has 2 aliphatic rings. The Morgan fingerprint density at radius 1 is 1.08 bits per heavy atom. The van der Waals surface area contributed by atoms with Crippen molar-refractivity contribution in [3.8, 4) is 0 Å². The van der Waals surface area contributed by atoms with Crippen molar-refractivity contribution in [3.05, 3.63) is 41.0 Å². The number of nitrogens with zero attached hydrogens (tertiary/aromatic N) is 1. The van der Waals surface area contributed by atoms with Crippen molar-refractivity contribution < 1.29 is 26.7 Å². The molecule has 0 bridgehead atoms. The second-order valence-corrected chi connectivity index (χ2v) is 7.09. The van der Waals surface area contributed by atoms with Gasteiger partial charge in [0, 0.05) is 35.2 Å². The van der Waals surface area contributed by atoms with Crippen LogP contribution in [0.5, 0.6) is 0 Å². The summed E-state index contributed by atoms with van der Waals surface area (Å²) in [4.78, 5) is 13.8. The fourth-order valence-corrected chi connectivity index (χ4v) is 3.44. The lowest BCUT2D eigenvalue weighted by atomic mass is 9.85. The number of fused-ring (bicyclic) bond motifs is 1. The molecule has 25 heavy (non-hydrogen) atoms. The summed E-state index contributed by atoms with van der Waals surface area (Å²) in [6, 6.07) is 2.99. The zero-order valence-electron chi connectivity index (χ0n) is 13.9. The van der Waals surface area contributed by atoms with Gasteiger partial charge in [-0.15, -0.1) is 0 Å². The van der Waals surface area contributed by atoms with E-state index in [0.717, 1.165) is 25.0 Å². The predicted octanol–water partition coefficient (Wildman–Crippen LogP) is 4.99. The highest BCUT2D eigenvalue weighted by Crippen LogP contribution is 2.48. The van der Waals surface area contributed by atoms with Crippen LogP contribution in [0.1, 0.15) is 49.8 Å². The van der Waals surface area contributed by atoms with E-state index in [1.165, 1.54) is 6.07 Å². The lowest BCUT2D eigenvalue weighted by Crippen LogP contribution is -2.34. The molecule has 1 amide bonds. The van der Waals surface area contributed by atoms with Crippen molar-refractivity contribution in [2.45, 2.75) is 50.6 Å². The summed E-state index contributed by atoms with van der Waals surface area (Å²) in [5, 5.41) is 0. The average molecular weight is 359 g/mol. The molecule has 136 valence electrons. The SMILES string of the molecule is CC1(C)C=C(N2CCCCC2=O)c2ccc(C(F)(F)C(F)(F)F)cc21. The van der Waals surface area contributed by atoms with E-state index in [0.29, 0.717) is 29.8 Å². The molecule has 0 N–H and O–H groups in total. The average Bonchev–Trinajstić information content (AvgIpc) is 2.78. The van der Waals surface area contributed by atoms with Gasteiger partial charge in [0.05, 0.1) is 0 Å². The lowest BCUT2D eigenvalue weighted by Gasteiger charge is -2.28. The molecule has 1 fully saturated rings. The third-order valence-electron chi connectivity index (χ3n) is 4.82. The van der Waals surface area contributed by atoms with E-state index in [9.17, 15) is 26.7 Å². The molecule has 7 heteroatoms. The van der Waals surface area contributed by atoms with E-state index in [4.69, 9.17) is 0 Å². The second kappa shape index (κ2) is 5.54. The minimum atomic E-state index is -5.65. The first kappa shape index (κ1) is 17.9. The lowest BCUT2D eigenvalue weighted by molar-refractivity contribution is -0.289. The molecule has 0 atom stereocenters. The normalized spacial score (nSPS) is 20.5. The molecule has 3 rings (SSSR count). The Morgan fingerprint density at radius 2 is 1.76 bits per heavy atom. The number of piperidine rings is 1. The number of allylic oxidation sites excluding steroid dienone is 1. The molecular formula is C18H18F5NO. The van der Waals surface area contributed by atoms with Gasteiger partial charge in [0.15, 0.2) is 0 Å². The van der Waals surface area contributed by atoms with Crippen LogP contribution in [0.2, 0.25) is 0 Å². The minimum Gasteiger partial charge on any atom is -0.312 e. The maximum absolute atomic E-state index is 13.7. The largest absolute Gasteiger partial charge is 0.458 e. The molecule has 1 aliphatic carbocycles. The highest BCUT2D eigenvalue weighted by atomic mass is 19.4. The summed E-state index contributed by atoms with van der Waals surface area (Å²) >= 11 is 0. The number of hydrogen-bond acceptors (Lipinski definition) is 1. The van der Waals surface area contributed by atoms with Gasteiger partial charge in [-0.05, 0) is 30.5 Å². The fraction of sp³-hybridized carbons (Fsp3) is 0.500. The molecule has 0 aromatic heterocycles. The van der Waals surface area contributed by atoms with Gasteiger partial charge in [-0.2, -0.15) is 22.0 Å². The Labute approximate surface area is 142 Å². The number of amides is 1. The molecule has 0 radical (unpaired) electrons. The summed E-state index contributed by atoms with van der Waals surface area (Å²) in [7, 11) is 0. The second-order valence-electron chi connectivity index (χ2n) is 7.09. The van der Waals surface area contributed by atoms with E-state index in [1.54, 1.807) is 24.8 Å². The number of carbonyl (C=O) groups excluding carboxylic acids is 1. The molecule has 0 unspecified atom stereocenters. The quantitative estimate of drug-likeness (QED) is 0.682. The van der Waals surface area contributed by atoms with Crippen molar-refractivity contribution in [2.24, 2.45) is 0 Å². The summed E-state index contributed by atoms with van der Waals surface area (Å²) in [6.07, 6.45) is -1.82. The van der Waals surface area contributed by atoms with Gasteiger partial charge in [-0.1, -0.05) is 26.0 Å². The van der Waals surface area contributed by atoms with Crippen LogP contribution >= 0.6 is 0 Å². The van der Waals surface area contributed by atoms with Crippen LogP contribution in [0.3, 0.4) is 0 Å². The van der Waals surface area contributed by atoms with Crippen LogP contribution in [-0.2, 0) is 16.1 Å². The van der Waals surface area contributed by atoms with Crippen molar-refractivity contribution >= 4 is 11.6 Å². The third kappa shape index (κ3) is 2.83. The molecule has 1 aromatic carbocycles. The molecule has 0 spiro atoms. The van der Waals surface area contributed by atoms with Gasteiger partial charge >= 0.3 is 12.1 Å². The topological polar surface area (TPSA) is 20.3 Å². The van der Waals surface area contributed by atoms with Crippen LogP contribution in [0, 0.1) is 0 Å². The van der Waals surface area contributed by atoms with E-state index in [-0.39, 0.29) is 5.91 Å². The first-order chi connectivity index (χ1) is 11.4. The van der Waals surface area contributed by atoms with Gasteiger partial charge in [0.25, 0.3) is 0 Å². The van der Waals surface area contributed by atoms with Gasteiger partial charge < -0.3 is 4.90 Å². The first-order valence-electron chi connectivity index (χ1n) is 8.08. The Kier molecular flexibility index (Phi) is 3.96. The zero-order valence-corrected chi connectivity index (χ0v) is 13.9. The molecule has 1 heterocycles. The van der Waals surface area contributed by atoms with Crippen molar-refractivity contribution in [1.82, 2.24) is 4.90 Å². The molecule has 1 aliphatic heterocycles. The van der Waals surface area contributed by atoms with E-state index in [2.05, 4.69) is 0 Å². The van der Waals surface area contributed by atoms with Crippen LogP contribution < -0.4 is 0 Å². The fourth-order valence-electron chi connectivity index (χ4n) is 3.44. The number of carbonyl (C=O) groups is 1. The Hall–Kier alpha value is -1.92. The monoisotopic (exact) mass is 359 g/mol. The summed E-state index contributed by atoms with van der Waals surface area (Å²) in [5.74, 6) is -4.97. The summed E-state index contributed by atoms with van der Waals surface area (Å²) < 4.78 is 65.4. The highest BCUT2D eigenvalue weighted by Gasteiger charge is 2.59. The number of hydrogen-bond donors (Lipinski definition) is 0. The number of rotatable bonds is 2. The van der Waals surface area contributed by atoms with Crippen LogP contribution in [0.15, 0.2) is 24.3 Å². The van der Waals surface area contributed by atoms with Gasteiger partial charge in [0.2, 0.25) is 5.91 Å². The maximum Gasteiger partial charge on any atom is 0.458 e. The van der Waals surface area contributed by atoms with E-state index in [1.807, 2.05) is 0 Å². The van der Waals surface area contributed by atoms with Crippen LogP contribution in [0.4, 0.5) is 22.0 Å². The molecule has 0 saturated carbocycles. The summed E-state index contributed by atoms with van der Waals surface area (Å²) in [5.41, 5.74) is -0.289. The zero-order chi connectivity index (χ0) is 18.6. The van der Waals surface area contributed by atoms with Gasteiger partial charge in [0.1, 0.15) is 0 Å². The molecule has 1 aromatic rings. The highest BCUT2D eigenvalue weighted by molar-refractivity contribution is 5.90.